The number of hydrogen-bond acceptors (Lipinski definition) is 10. The lowest BCUT2D eigenvalue weighted by atomic mass is 9.87. The summed E-state index contributed by atoms with van der Waals surface area (Å²) in [5, 5.41) is 2.46. The van der Waals surface area contributed by atoms with Crippen LogP contribution >= 0.6 is 0 Å². The highest BCUT2D eigenvalue weighted by atomic mass is 16.7. The van der Waals surface area contributed by atoms with Gasteiger partial charge < -0.3 is 43.2 Å². The Bertz CT molecular complexity index is 1490. The molecule has 0 aliphatic carbocycles. The molecular formula is C30H29NO10. The summed E-state index contributed by atoms with van der Waals surface area (Å²) in [5.74, 6) is 0.226. The van der Waals surface area contributed by atoms with Crippen molar-refractivity contribution < 1.29 is 47.5 Å². The Morgan fingerprint density at radius 3 is 2.17 bits per heavy atom. The number of amides is 1. The summed E-state index contributed by atoms with van der Waals surface area (Å²) in [6.45, 7) is 0.0656. The van der Waals surface area contributed by atoms with Crippen LogP contribution in [0.15, 0.2) is 60.2 Å². The van der Waals surface area contributed by atoms with Crippen LogP contribution in [-0.2, 0) is 26.5 Å². The molecule has 3 aromatic rings. The SMILES string of the molecule is CNC(=O)OC1(c2ccc(OC)cc2)OC(=O)C(c2ccc3c(c2)OCO3)=C1Cc1cc(OC)c(OC)c(OC)c1. The molecule has 0 spiro atoms. The fraction of sp³-hybridized carbons (Fsp3) is 0.267. The number of rotatable bonds is 9. The van der Waals surface area contributed by atoms with E-state index in [0.717, 1.165) is 0 Å². The molecule has 11 nitrogen and oxygen atoms in total. The average Bonchev–Trinajstić information content (AvgIpc) is 3.58. The van der Waals surface area contributed by atoms with E-state index in [2.05, 4.69) is 5.32 Å². The highest BCUT2D eigenvalue weighted by molar-refractivity contribution is 6.20. The van der Waals surface area contributed by atoms with Gasteiger partial charge in [-0.15, -0.1) is 0 Å². The second-order valence-corrected chi connectivity index (χ2v) is 9.01. The van der Waals surface area contributed by atoms with Crippen molar-refractivity contribution in [2.24, 2.45) is 0 Å². The number of methoxy groups -OCH3 is 4. The van der Waals surface area contributed by atoms with Gasteiger partial charge in [0, 0.05) is 24.6 Å². The van der Waals surface area contributed by atoms with Crippen LogP contribution < -0.4 is 33.7 Å². The number of cyclic esters (lactones) is 1. The van der Waals surface area contributed by atoms with Crippen LogP contribution in [-0.4, -0.2) is 54.3 Å². The van der Waals surface area contributed by atoms with E-state index in [-0.39, 0.29) is 18.8 Å². The monoisotopic (exact) mass is 563 g/mol. The second kappa shape index (κ2) is 11.2. The average molecular weight is 564 g/mol. The Morgan fingerprint density at radius 2 is 1.56 bits per heavy atom. The van der Waals surface area contributed by atoms with Crippen molar-refractivity contribution in [2.75, 3.05) is 42.3 Å². The number of hydrogen-bond donors (Lipinski definition) is 1. The Kier molecular flexibility index (Phi) is 7.52. The van der Waals surface area contributed by atoms with Gasteiger partial charge in [-0.3, -0.25) is 0 Å². The van der Waals surface area contributed by atoms with Crippen molar-refractivity contribution in [1.29, 1.82) is 0 Å². The van der Waals surface area contributed by atoms with E-state index in [0.29, 0.717) is 56.8 Å². The van der Waals surface area contributed by atoms with Gasteiger partial charge in [0.25, 0.3) is 0 Å². The van der Waals surface area contributed by atoms with Gasteiger partial charge in [0.05, 0.1) is 34.0 Å². The molecule has 1 amide bonds. The van der Waals surface area contributed by atoms with Crippen molar-refractivity contribution in [3.8, 4) is 34.5 Å². The number of benzene rings is 3. The van der Waals surface area contributed by atoms with Crippen LogP contribution in [0.25, 0.3) is 5.57 Å². The van der Waals surface area contributed by atoms with Crippen molar-refractivity contribution in [3.63, 3.8) is 0 Å². The van der Waals surface area contributed by atoms with Gasteiger partial charge in [-0.1, -0.05) is 6.07 Å². The molecule has 2 aliphatic heterocycles. The number of alkyl carbamates (subject to hydrolysis) is 1. The third-order valence-electron chi connectivity index (χ3n) is 6.82. The molecule has 1 atom stereocenters. The highest BCUT2D eigenvalue weighted by Gasteiger charge is 2.53. The molecule has 3 aromatic carbocycles. The number of fused-ring (bicyclic) bond motifs is 1. The molecular weight excluding hydrogens is 534 g/mol. The van der Waals surface area contributed by atoms with Gasteiger partial charge in [0.15, 0.2) is 23.0 Å². The first-order chi connectivity index (χ1) is 19.9. The van der Waals surface area contributed by atoms with E-state index in [1.807, 2.05) is 0 Å². The first kappa shape index (κ1) is 27.5. The summed E-state index contributed by atoms with van der Waals surface area (Å²) in [6.07, 6.45) is -0.710. The first-order valence-corrected chi connectivity index (χ1v) is 12.6. The predicted molar refractivity (Wildman–Crippen MR) is 146 cm³/mol. The van der Waals surface area contributed by atoms with Crippen molar-refractivity contribution in [2.45, 2.75) is 12.2 Å². The number of carbonyl (C=O) groups excluding carboxylic acids is 2. The Morgan fingerprint density at radius 1 is 0.878 bits per heavy atom. The molecule has 0 saturated carbocycles. The van der Waals surface area contributed by atoms with Crippen molar-refractivity contribution >= 4 is 17.6 Å². The Balaban J connectivity index is 1.76. The Labute approximate surface area is 236 Å². The largest absolute Gasteiger partial charge is 0.497 e. The van der Waals surface area contributed by atoms with Crippen LogP contribution in [0.1, 0.15) is 16.7 Å². The van der Waals surface area contributed by atoms with Crippen LogP contribution in [0.4, 0.5) is 4.79 Å². The number of esters is 1. The highest BCUT2D eigenvalue weighted by Crippen LogP contribution is 2.50. The molecule has 214 valence electrons. The van der Waals surface area contributed by atoms with E-state index in [1.54, 1.807) is 54.6 Å². The van der Waals surface area contributed by atoms with E-state index in [1.165, 1.54) is 35.5 Å². The fourth-order valence-corrected chi connectivity index (χ4v) is 4.89. The summed E-state index contributed by atoms with van der Waals surface area (Å²) >= 11 is 0. The maximum absolute atomic E-state index is 13.7. The topological polar surface area (TPSA) is 120 Å². The smallest absolute Gasteiger partial charge is 0.410 e. The van der Waals surface area contributed by atoms with Gasteiger partial charge >= 0.3 is 17.8 Å². The third kappa shape index (κ3) is 4.90. The maximum Gasteiger partial charge on any atom is 0.410 e. The molecule has 0 fully saturated rings. The molecule has 0 saturated heterocycles. The molecule has 41 heavy (non-hydrogen) atoms. The molecule has 5 rings (SSSR count). The first-order valence-electron chi connectivity index (χ1n) is 12.6. The molecule has 1 unspecified atom stereocenters. The van der Waals surface area contributed by atoms with Crippen molar-refractivity contribution in [1.82, 2.24) is 5.32 Å². The predicted octanol–water partition coefficient (Wildman–Crippen LogP) is 4.21. The molecule has 1 N–H and O–H groups in total. The molecule has 2 aliphatic rings. The van der Waals surface area contributed by atoms with E-state index < -0.39 is 17.8 Å². The zero-order chi connectivity index (χ0) is 29.1. The van der Waals surface area contributed by atoms with Crippen molar-refractivity contribution in [3.05, 3.63) is 76.9 Å². The quantitative estimate of drug-likeness (QED) is 0.379. The van der Waals surface area contributed by atoms with Crippen LogP contribution in [0, 0.1) is 0 Å². The zero-order valence-electron chi connectivity index (χ0n) is 23.2. The molecule has 0 aromatic heterocycles. The summed E-state index contributed by atoms with van der Waals surface area (Å²) in [4.78, 5) is 26.5. The van der Waals surface area contributed by atoms with Gasteiger partial charge in [0.2, 0.25) is 12.5 Å². The van der Waals surface area contributed by atoms with Gasteiger partial charge in [-0.2, -0.15) is 0 Å². The summed E-state index contributed by atoms with van der Waals surface area (Å²) in [5.41, 5.74) is 2.14. The summed E-state index contributed by atoms with van der Waals surface area (Å²) in [6, 6.07) is 15.4. The standard InChI is InChI=1S/C30H29NO10/c1-31-29(33)41-30(19-7-9-20(34-2)10-8-19)21(12-17-13-24(35-3)27(37-5)25(14-17)36-4)26(28(32)40-30)18-6-11-22-23(15-18)39-16-38-22/h6-11,13-15H,12,16H2,1-5H3,(H,31,33). The summed E-state index contributed by atoms with van der Waals surface area (Å²) in [7, 11) is 7.49. The van der Waals surface area contributed by atoms with Crippen LogP contribution in [0.2, 0.25) is 0 Å². The van der Waals surface area contributed by atoms with E-state index >= 15 is 0 Å². The lowest BCUT2D eigenvalue weighted by molar-refractivity contribution is -0.185. The molecule has 11 heteroatoms. The van der Waals surface area contributed by atoms with Crippen LogP contribution in [0.5, 0.6) is 34.5 Å². The summed E-state index contributed by atoms with van der Waals surface area (Å²) < 4.78 is 44.9. The van der Waals surface area contributed by atoms with Gasteiger partial charge in [-0.25, -0.2) is 9.59 Å². The molecule has 0 radical (unpaired) electrons. The lowest BCUT2D eigenvalue weighted by Crippen LogP contribution is -2.39. The third-order valence-corrected chi connectivity index (χ3v) is 6.82. The van der Waals surface area contributed by atoms with Crippen LogP contribution in [0.3, 0.4) is 0 Å². The minimum Gasteiger partial charge on any atom is -0.497 e. The lowest BCUT2D eigenvalue weighted by Gasteiger charge is -2.31. The minimum absolute atomic E-state index is 0.0656. The molecule has 0 bridgehead atoms. The number of nitrogens with one attached hydrogen (secondary N) is 1. The minimum atomic E-state index is -1.92. The normalized spacial score (nSPS) is 17.1. The van der Waals surface area contributed by atoms with E-state index in [9.17, 15) is 9.59 Å². The van der Waals surface area contributed by atoms with Gasteiger partial charge in [0.1, 0.15) is 5.75 Å². The second-order valence-electron chi connectivity index (χ2n) is 9.01. The van der Waals surface area contributed by atoms with E-state index in [4.69, 9.17) is 37.9 Å². The zero-order valence-corrected chi connectivity index (χ0v) is 23.2. The number of carbonyl (C=O) groups is 2. The number of ether oxygens (including phenoxy) is 8. The Hall–Kier alpha value is -5.06. The molecule has 2 heterocycles. The maximum atomic E-state index is 13.7. The van der Waals surface area contributed by atoms with Gasteiger partial charge in [-0.05, 0) is 59.7 Å². The fourth-order valence-electron chi connectivity index (χ4n) is 4.89.